The monoisotopic (exact) mass is 303 g/mol. The first kappa shape index (κ1) is 14.8. The molecule has 1 unspecified atom stereocenters. The Morgan fingerprint density at radius 2 is 2.00 bits per heavy atom. The molecule has 0 spiro atoms. The van der Waals surface area contributed by atoms with Gasteiger partial charge in [0, 0.05) is 19.2 Å². The molecule has 1 amide bonds. The number of likely N-dealkylation sites (N-methyl/N-ethyl adjacent to an activating group) is 1. The number of aliphatic hydroxyl groups excluding tert-OH is 1. The molecule has 4 nitrogen and oxygen atoms in total. The zero-order valence-electron chi connectivity index (χ0n) is 12.3. The van der Waals surface area contributed by atoms with Crippen molar-refractivity contribution in [3.63, 3.8) is 0 Å². The summed E-state index contributed by atoms with van der Waals surface area (Å²) in [5, 5.41) is 9.90. The van der Waals surface area contributed by atoms with Crippen LogP contribution >= 0.6 is 0 Å². The molecule has 1 aliphatic rings. The number of nitrogens with zero attached hydrogens (tertiary/aromatic N) is 1. The number of halogens is 1. The van der Waals surface area contributed by atoms with Gasteiger partial charge in [0.15, 0.2) is 5.76 Å². The highest BCUT2D eigenvalue weighted by atomic mass is 19.1. The fraction of sp³-hybridized carbons (Fsp3) is 0.353. The van der Waals surface area contributed by atoms with E-state index in [9.17, 15) is 14.3 Å². The first-order valence-corrected chi connectivity index (χ1v) is 7.34. The van der Waals surface area contributed by atoms with Gasteiger partial charge in [-0.05, 0) is 55.2 Å². The summed E-state index contributed by atoms with van der Waals surface area (Å²) in [4.78, 5) is 13.8. The van der Waals surface area contributed by atoms with Crippen LogP contribution in [0.25, 0.3) is 11.3 Å². The number of carbonyl (C=O) groups excluding carboxylic acids is 1. The molecule has 0 radical (unpaired) electrons. The Morgan fingerprint density at radius 3 is 2.64 bits per heavy atom. The molecule has 3 rings (SSSR count). The van der Waals surface area contributed by atoms with Gasteiger partial charge in [-0.25, -0.2) is 4.39 Å². The molecule has 116 valence electrons. The van der Waals surface area contributed by atoms with E-state index in [-0.39, 0.29) is 17.5 Å². The van der Waals surface area contributed by atoms with Gasteiger partial charge in [-0.15, -0.1) is 0 Å². The van der Waals surface area contributed by atoms with Crippen LogP contribution in [0.5, 0.6) is 0 Å². The normalized spacial score (nSPS) is 15.6. The van der Waals surface area contributed by atoms with Crippen molar-refractivity contribution in [1.82, 2.24) is 4.90 Å². The van der Waals surface area contributed by atoms with Crippen molar-refractivity contribution in [2.45, 2.75) is 18.9 Å². The van der Waals surface area contributed by atoms with Crippen LogP contribution in [0.1, 0.15) is 23.4 Å². The lowest BCUT2D eigenvalue weighted by molar-refractivity contribution is 0.0618. The van der Waals surface area contributed by atoms with Gasteiger partial charge in [0.1, 0.15) is 11.6 Å². The Kier molecular flexibility index (Phi) is 3.98. The van der Waals surface area contributed by atoms with Crippen molar-refractivity contribution in [3.8, 4) is 11.3 Å². The maximum atomic E-state index is 12.9. The second kappa shape index (κ2) is 5.93. The molecule has 0 saturated heterocycles. The zero-order chi connectivity index (χ0) is 15.7. The van der Waals surface area contributed by atoms with Crippen LogP contribution in [-0.4, -0.2) is 35.6 Å². The Labute approximate surface area is 128 Å². The van der Waals surface area contributed by atoms with E-state index < -0.39 is 6.10 Å². The summed E-state index contributed by atoms with van der Waals surface area (Å²) in [5.41, 5.74) is 0.709. The average Bonchev–Trinajstić information content (AvgIpc) is 3.25. The minimum absolute atomic E-state index is 0.213. The van der Waals surface area contributed by atoms with E-state index in [1.54, 1.807) is 31.3 Å². The van der Waals surface area contributed by atoms with E-state index in [0.29, 0.717) is 23.8 Å². The predicted octanol–water partition coefficient (Wildman–Crippen LogP) is 2.93. The van der Waals surface area contributed by atoms with E-state index in [1.165, 1.54) is 17.0 Å². The molecule has 2 aromatic rings. The van der Waals surface area contributed by atoms with E-state index in [0.717, 1.165) is 12.8 Å². The van der Waals surface area contributed by atoms with E-state index in [4.69, 9.17) is 4.42 Å². The van der Waals surface area contributed by atoms with Gasteiger partial charge in [-0.1, -0.05) is 0 Å². The van der Waals surface area contributed by atoms with Crippen molar-refractivity contribution in [2.75, 3.05) is 13.6 Å². The van der Waals surface area contributed by atoms with Crippen LogP contribution in [0, 0.1) is 11.7 Å². The molecule has 1 heterocycles. The first-order chi connectivity index (χ1) is 10.5. The molecular formula is C17H18FNO3. The lowest BCUT2D eigenvalue weighted by atomic mass is 10.2. The maximum Gasteiger partial charge on any atom is 0.289 e. The van der Waals surface area contributed by atoms with Gasteiger partial charge in [0.2, 0.25) is 0 Å². The molecule has 1 fully saturated rings. The molecule has 1 aromatic heterocycles. The van der Waals surface area contributed by atoms with E-state index >= 15 is 0 Å². The van der Waals surface area contributed by atoms with Crippen LogP contribution in [0.2, 0.25) is 0 Å². The Balaban J connectivity index is 1.69. The molecule has 1 N–H and O–H groups in total. The quantitative estimate of drug-likeness (QED) is 0.924. The molecule has 0 bridgehead atoms. The number of benzene rings is 1. The van der Waals surface area contributed by atoms with Gasteiger partial charge in [-0.3, -0.25) is 4.79 Å². The number of hydrogen-bond acceptors (Lipinski definition) is 3. The maximum absolute atomic E-state index is 12.9. The minimum Gasteiger partial charge on any atom is -0.451 e. The van der Waals surface area contributed by atoms with Crippen molar-refractivity contribution in [3.05, 3.63) is 48.0 Å². The molecular weight excluding hydrogens is 285 g/mol. The smallest absolute Gasteiger partial charge is 0.289 e. The molecule has 5 heteroatoms. The fourth-order valence-electron chi connectivity index (χ4n) is 2.40. The largest absolute Gasteiger partial charge is 0.451 e. The lowest BCUT2D eigenvalue weighted by Crippen LogP contribution is -2.35. The molecule has 1 aromatic carbocycles. The van der Waals surface area contributed by atoms with Crippen molar-refractivity contribution >= 4 is 5.91 Å². The van der Waals surface area contributed by atoms with Gasteiger partial charge < -0.3 is 14.4 Å². The number of aliphatic hydroxyl groups is 1. The second-order valence-electron chi connectivity index (χ2n) is 5.76. The van der Waals surface area contributed by atoms with Crippen LogP contribution in [0.15, 0.2) is 40.8 Å². The number of furan rings is 1. The van der Waals surface area contributed by atoms with Crippen LogP contribution in [0.4, 0.5) is 4.39 Å². The van der Waals surface area contributed by atoms with Gasteiger partial charge in [0.25, 0.3) is 5.91 Å². The SMILES string of the molecule is CN(CC(O)C1CC1)C(=O)c1ccc(-c2ccc(F)cc2)o1. The number of rotatable bonds is 5. The molecule has 1 saturated carbocycles. The van der Waals surface area contributed by atoms with Crippen LogP contribution in [-0.2, 0) is 0 Å². The summed E-state index contributed by atoms with van der Waals surface area (Å²) < 4.78 is 18.5. The third kappa shape index (κ3) is 3.20. The number of carbonyl (C=O) groups is 1. The highest BCUT2D eigenvalue weighted by molar-refractivity contribution is 5.92. The third-order valence-corrected chi connectivity index (χ3v) is 3.92. The van der Waals surface area contributed by atoms with Crippen molar-refractivity contribution < 1.29 is 18.7 Å². The molecule has 1 atom stereocenters. The Bertz CT molecular complexity index is 661. The molecule has 1 aliphatic carbocycles. The summed E-state index contributed by atoms with van der Waals surface area (Å²) in [6.45, 7) is 0.302. The topological polar surface area (TPSA) is 53.7 Å². The van der Waals surface area contributed by atoms with Gasteiger partial charge in [0.05, 0.1) is 6.10 Å². The minimum atomic E-state index is -0.472. The first-order valence-electron chi connectivity index (χ1n) is 7.34. The lowest BCUT2D eigenvalue weighted by Gasteiger charge is -2.19. The van der Waals surface area contributed by atoms with Crippen molar-refractivity contribution in [2.24, 2.45) is 5.92 Å². The highest BCUT2D eigenvalue weighted by Gasteiger charge is 2.31. The summed E-state index contributed by atoms with van der Waals surface area (Å²) in [5.74, 6) is 0.458. The molecule has 22 heavy (non-hydrogen) atoms. The van der Waals surface area contributed by atoms with Gasteiger partial charge >= 0.3 is 0 Å². The van der Waals surface area contributed by atoms with E-state index in [2.05, 4.69) is 0 Å². The molecule has 0 aliphatic heterocycles. The van der Waals surface area contributed by atoms with Crippen LogP contribution < -0.4 is 0 Å². The fourth-order valence-corrected chi connectivity index (χ4v) is 2.40. The number of hydrogen-bond donors (Lipinski definition) is 1. The van der Waals surface area contributed by atoms with Crippen LogP contribution in [0.3, 0.4) is 0 Å². The summed E-state index contributed by atoms with van der Waals surface area (Å²) in [7, 11) is 1.65. The predicted molar refractivity (Wildman–Crippen MR) is 79.8 cm³/mol. The Hall–Kier alpha value is -2.14. The van der Waals surface area contributed by atoms with E-state index in [1.807, 2.05) is 0 Å². The highest BCUT2D eigenvalue weighted by Crippen LogP contribution is 2.33. The second-order valence-corrected chi connectivity index (χ2v) is 5.76. The number of amides is 1. The van der Waals surface area contributed by atoms with Crippen molar-refractivity contribution in [1.29, 1.82) is 0 Å². The Morgan fingerprint density at radius 1 is 1.32 bits per heavy atom. The zero-order valence-corrected chi connectivity index (χ0v) is 12.3. The average molecular weight is 303 g/mol. The summed E-state index contributed by atoms with van der Waals surface area (Å²) >= 11 is 0. The standard InChI is InChI=1S/C17H18FNO3/c1-19(10-14(20)11-2-3-11)17(21)16-9-8-15(22-16)12-4-6-13(18)7-5-12/h4-9,11,14,20H,2-3,10H2,1H3. The summed E-state index contributed by atoms with van der Waals surface area (Å²) in [6.07, 6.45) is 1.58. The third-order valence-electron chi connectivity index (χ3n) is 3.92. The summed E-state index contributed by atoms with van der Waals surface area (Å²) in [6, 6.07) is 9.17. The van der Waals surface area contributed by atoms with Gasteiger partial charge in [-0.2, -0.15) is 0 Å².